The quantitative estimate of drug-likeness (QED) is 0.251. The Morgan fingerprint density at radius 2 is 1.86 bits per heavy atom. The molecular weight excluding hydrogens is 574 g/mol. The van der Waals surface area contributed by atoms with Crippen molar-refractivity contribution in [2.24, 2.45) is 0 Å². The van der Waals surface area contributed by atoms with E-state index in [2.05, 4.69) is 10.1 Å². The summed E-state index contributed by atoms with van der Waals surface area (Å²) in [5, 5.41) is 16.0. The smallest absolute Gasteiger partial charge is 0.337 e. The van der Waals surface area contributed by atoms with Crippen molar-refractivity contribution in [1.29, 1.82) is 0 Å². The van der Waals surface area contributed by atoms with Gasteiger partial charge in [-0.15, -0.1) is 0 Å². The topological polar surface area (TPSA) is 115 Å². The Labute approximate surface area is 253 Å². The van der Waals surface area contributed by atoms with E-state index in [9.17, 15) is 19.1 Å². The third kappa shape index (κ3) is 6.00. The number of aromatic nitrogens is 3. The number of aryl methyl sites for hydroxylation is 1. The third-order valence-corrected chi connectivity index (χ3v) is 7.38. The number of amides is 1. The number of halogens is 2. The molecule has 232 valence electrons. The zero-order valence-electron chi connectivity index (χ0n) is 25.4. The van der Waals surface area contributed by atoms with Gasteiger partial charge in [-0.05, 0) is 76.8 Å². The van der Waals surface area contributed by atoms with Gasteiger partial charge in [0, 0.05) is 28.5 Å². The van der Waals surface area contributed by atoms with Crippen LogP contribution in [0.3, 0.4) is 0 Å². The summed E-state index contributed by atoms with van der Waals surface area (Å²) in [7, 11) is 1.33. The summed E-state index contributed by atoms with van der Waals surface area (Å²) in [6.07, 6.45) is -0.223. The number of hydrogen-bond donors (Lipinski definition) is 1. The van der Waals surface area contributed by atoms with Crippen molar-refractivity contribution in [1.82, 2.24) is 19.7 Å². The van der Waals surface area contributed by atoms with Gasteiger partial charge in [0.2, 0.25) is 0 Å². The van der Waals surface area contributed by atoms with Crippen LogP contribution in [-0.2, 0) is 27.3 Å². The van der Waals surface area contributed by atoms with Gasteiger partial charge in [0.15, 0.2) is 29.0 Å². The minimum atomic E-state index is -1.49. The van der Waals surface area contributed by atoms with Crippen molar-refractivity contribution in [2.45, 2.75) is 65.7 Å². The molecule has 0 aliphatic carbocycles. The number of hydrogen-bond acceptors (Lipinski definition) is 7. The van der Waals surface area contributed by atoms with Crippen LogP contribution in [0.1, 0.15) is 71.7 Å². The van der Waals surface area contributed by atoms with E-state index in [0.717, 1.165) is 5.06 Å². The molecule has 0 spiro atoms. The minimum Gasteiger partial charge on any atom is -0.490 e. The summed E-state index contributed by atoms with van der Waals surface area (Å²) in [5.74, 6) is -2.71. The van der Waals surface area contributed by atoms with E-state index in [-0.39, 0.29) is 34.9 Å². The molecule has 0 fully saturated rings. The van der Waals surface area contributed by atoms with Gasteiger partial charge in [0.1, 0.15) is 5.82 Å². The molecule has 0 bridgehead atoms. The van der Waals surface area contributed by atoms with Gasteiger partial charge in [-0.1, -0.05) is 12.1 Å². The van der Waals surface area contributed by atoms with Crippen LogP contribution in [0.4, 0.5) is 8.78 Å². The SMILES string of the molecule is CON(Cc1ccc(F)cc1)C(=O)c1cc2nc(C)c([C@H](OC(C)(C)C)C(=O)O)c(-c3cc(F)c4c(c3C)CCCO4)n2n1. The average molecular weight is 609 g/mol. The maximum atomic E-state index is 15.6. The molecule has 10 nitrogen and oxygen atoms in total. The van der Waals surface area contributed by atoms with Gasteiger partial charge in [-0.2, -0.15) is 5.10 Å². The highest BCUT2D eigenvalue weighted by Crippen LogP contribution is 2.41. The van der Waals surface area contributed by atoms with Crippen LogP contribution in [0, 0.1) is 25.5 Å². The Hall–Kier alpha value is -4.42. The zero-order valence-corrected chi connectivity index (χ0v) is 25.4. The molecule has 3 heterocycles. The molecule has 1 N–H and O–H groups in total. The normalized spacial score (nSPS) is 13.8. The summed E-state index contributed by atoms with van der Waals surface area (Å²) in [6, 6.07) is 8.38. The molecule has 4 aromatic rings. The molecule has 44 heavy (non-hydrogen) atoms. The van der Waals surface area contributed by atoms with Crippen molar-refractivity contribution in [2.75, 3.05) is 13.7 Å². The number of hydroxylamine groups is 2. The standard InChI is InChI=1S/C32H34F2N4O6/c1-17-21-8-7-13-43-28(21)23(34)14-22(17)27-26(29(31(40)41)44-32(3,4)5)18(2)35-25-15-24(36-38(25)27)30(39)37(42-6)16-19-9-11-20(33)12-10-19/h9-12,14-15,29H,7-8,13,16H2,1-6H3,(H,40,41)/t29-/m0/s1. The van der Waals surface area contributed by atoms with E-state index < -0.39 is 35.2 Å². The first-order valence-electron chi connectivity index (χ1n) is 14.2. The second-order valence-corrected chi connectivity index (χ2v) is 11.6. The largest absolute Gasteiger partial charge is 0.490 e. The van der Waals surface area contributed by atoms with E-state index in [1.807, 2.05) is 6.92 Å². The molecule has 0 unspecified atom stereocenters. The zero-order chi connectivity index (χ0) is 31.9. The highest BCUT2D eigenvalue weighted by molar-refractivity contribution is 5.93. The molecule has 2 aromatic carbocycles. The van der Waals surface area contributed by atoms with Crippen LogP contribution >= 0.6 is 0 Å². The number of carboxylic acids is 1. The number of rotatable bonds is 8. The number of carbonyl (C=O) groups is 2. The van der Waals surface area contributed by atoms with Gasteiger partial charge in [0.05, 0.1) is 31.6 Å². The second-order valence-electron chi connectivity index (χ2n) is 11.6. The third-order valence-electron chi connectivity index (χ3n) is 7.38. The predicted octanol–water partition coefficient (Wildman–Crippen LogP) is 5.76. The van der Waals surface area contributed by atoms with Crippen LogP contribution in [-0.4, -0.2) is 56.0 Å². The Kier molecular flexibility index (Phi) is 8.41. The molecule has 0 saturated carbocycles. The molecule has 2 aromatic heterocycles. The maximum absolute atomic E-state index is 15.6. The summed E-state index contributed by atoms with van der Waals surface area (Å²) in [6.45, 7) is 9.05. The van der Waals surface area contributed by atoms with Crippen LogP contribution in [0.5, 0.6) is 5.75 Å². The molecule has 1 atom stereocenters. The molecule has 1 aliphatic heterocycles. The molecule has 1 aliphatic rings. The van der Waals surface area contributed by atoms with E-state index in [1.165, 1.54) is 48.0 Å². The number of ether oxygens (including phenoxy) is 2. The minimum absolute atomic E-state index is 0.00367. The lowest BCUT2D eigenvalue weighted by molar-refractivity contribution is -0.160. The fourth-order valence-electron chi connectivity index (χ4n) is 5.40. The lowest BCUT2D eigenvalue weighted by Gasteiger charge is -2.28. The number of nitrogens with zero attached hydrogens (tertiary/aromatic N) is 4. The monoisotopic (exact) mass is 608 g/mol. The molecule has 0 saturated heterocycles. The first-order chi connectivity index (χ1) is 20.8. The average Bonchev–Trinajstić information content (AvgIpc) is 3.40. The Bertz CT molecular complexity index is 1750. The van der Waals surface area contributed by atoms with E-state index >= 15 is 4.39 Å². The predicted molar refractivity (Wildman–Crippen MR) is 156 cm³/mol. The number of aliphatic carboxylic acids is 1. The van der Waals surface area contributed by atoms with Crippen LogP contribution in [0.15, 0.2) is 36.4 Å². The molecule has 0 radical (unpaired) electrons. The molecule has 12 heteroatoms. The Morgan fingerprint density at radius 3 is 2.50 bits per heavy atom. The number of benzene rings is 2. The Morgan fingerprint density at radius 1 is 1.16 bits per heavy atom. The summed E-state index contributed by atoms with van der Waals surface area (Å²) in [4.78, 5) is 36.2. The molecular formula is C32H34F2N4O6. The second kappa shape index (κ2) is 11.9. The van der Waals surface area contributed by atoms with Gasteiger partial charge >= 0.3 is 5.97 Å². The van der Waals surface area contributed by atoms with Crippen molar-refractivity contribution in [3.63, 3.8) is 0 Å². The van der Waals surface area contributed by atoms with E-state index in [1.54, 1.807) is 27.7 Å². The number of carboxylic acid groups (broad SMARTS) is 1. The van der Waals surface area contributed by atoms with Crippen LogP contribution in [0.25, 0.3) is 16.9 Å². The van der Waals surface area contributed by atoms with Crippen molar-refractivity contribution in [3.05, 3.63) is 81.7 Å². The maximum Gasteiger partial charge on any atom is 0.337 e. The summed E-state index contributed by atoms with van der Waals surface area (Å²) in [5.41, 5.74) is 2.39. The van der Waals surface area contributed by atoms with Gasteiger partial charge in [-0.3, -0.25) is 9.63 Å². The van der Waals surface area contributed by atoms with Gasteiger partial charge < -0.3 is 14.6 Å². The highest BCUT2D eigenvalue weighted by atomic mass is 19.1. The summed E-state index contributed by atoms with van der Waals surface area (Å²) >= 11 is 0. The fourth-order valence-corrected chi connectivity index (χ4v) is 5.40. The number of carbonyl (C=O) groups excluding carboxylic acids is 1. The lowest BCUT2D eigenvalue weighted by Crippen LogP contribution is -2.30. The van der Waals surface area contributed by atoms with Crippen LogP contribution in [0.2, 0.25) is 0 Å². The fraction of sp³-hybridized carbons (Fsp3) is 0.375. The van der Waals surface area contributed by atoms with Gasteiger partial charge in [-0.25, -0.2) is 28.1 Å². The highest BCUT2D eigenvalue weighted by Gasteiger charge is 2.35. The van der Waals surface area contributed by atoms with Gasteiger partial charge in [0.25, 0.3) is 5.91 Å². The van der Waals surface area contributed by atoms with Crippen molar-refractivity contribution >= 4 is 17.5 Å². The van der Waals surface area contributed by atoms with E-state index in [0.29, 0.717) is 47.4 Å². The van der Waals surface area contributed by atoms with E-state index in [4.69, 9.17) is 14.3 Å². The molecule has 5 rings (SSSR count). The summed E-state index contributed by atoms with van der Waals surface area (Å²) < 4.78 is 42.0. The molecule has 1 amide bonds. The Balaban J connectivity index is 1.73. The lowest BCUT2D eigenvalue weighted by atomic mass is 9.91. The first kappa shape index (κ1) is 31.0. The van der Waals surface area contributed by atoms with Crippen LogP contribution < -0.4 is 4.74 Å². The van der Waals surface area contributed by atoms with Crippen molar-refractivity contribution in [3.8, 4) is 17.0 Å². The number of fused-ring (bicyclic) bond motifs is 2. The first-order valence-corrected chi connectivity index (χ1v) is 14.2. The van der Waals surface area contributed by atoms with Crippen molar-refractivity contribution < 1.29 is 37.8 Å².